The zero-order valence-electron chi connectivity index (χ0n) is 15.8. The molecule has 6 heteroatoms. The molecule has 6 nitrogen and oxygen atoms in total. The SMILES string of the molecule is CN=C[C@@H]1CCCN1C(=O)CN1CC[C@H](Nc2cncc3ccccc23)C1. The number of rotatable bonds is 5. The summed E-state index contributed by atoms with van der Waals surface area (Å²) in [4.78, 5) is 25.4. The van der Waals surface area contributed by atoms with Crippen LogP contribution in [0.3, 0.4) is 0 Å². The molecule has 2 aliphatic rings. The highest BCUT2D eigenvalue weighted by atomic mass is 16.2. The summed E-state index contributed by atoms with van der Waals surface area (Å²) in [7, 11) is 1.78. The van der Waals surface area contributed by atoms with Gasteiger partial charge in [-0.1, -0.05) is 24.3 Å². The number of fused-ring (bicyclic) bond motifs is 1. The summed E-state index contributed by atoms with van der Waals surface area (Å²) < 4.78 is 0. The van der Waals surface area contributed by atoms with Crippen LogP contribution >= 0.6 is 0 Å². The van der Waals surface area contributed by atoms with Crippen LogP contribution in [0.15, 0.2) is 41.7 Å². The second-order valence-electron chi connectivity index (χ2n) is 7.48. The van der Waals surface area contributed by atoms with E-state index in [1.165, 1.54) is 5.39 Å². The number of carbonyl (C=O) groups is 1. The smallest absolute Gasteiger partial charge is 0.237 e. The summed E-state index contributed by atoms with van der Waals surface area (Å²) >= 11 is 0. The van der Waals surface area contributed by atoms with Crippen LogP contribution in [0.1, 0.15) is 19.3 Å². The molecule has 1 amide bonds. The first-order valence-electron chi connectivity index (χ1n) is 9.78. The number of aromatic nitrogens is 1. The Hall–Kier alpha value is -2.47. The lowest BCUT2D eigenvalue weighted by atomic mass is 10.1. The van der Waals surface area contributed by atoms with Crippen LogP contribution in [0.5, 0.6) is 0 Å². The van der Waals surface area contributed by atoms with E-state index in [4.69, 9.17) is 0 Å². The van der Waals surface area contributed by atoms with Gasteiger partial charge in [0.2, 0.25) is 5.91 Å². The number of nitrogens with zero attached hydrogens (tertiary/aromatic N) is 4. The molecule has 0 radical (unpaired) electrons. The molecule has 2 atom stereocenters. The van der Waals surface area contributed by atoms with Crippen molar-refractivity contribution >= 4 is 28.6 Å². The molecule has 2 fully saturated rings. The maximum atomic E-state index is 12.7. The Labute approximate surface area is 160 Å². The first-order valence-corrected chi connectivity index (χ1v) is 9.78. The molecule has 3 heterocycles. The van der Waals surface area contributed by atoms with Crippen LogP contribution in [0.4, 0.5) is 5.69 Å². The van der Waals surface area contributed by atoms with Crippen LogP contribution < -0.4 is 5.32 Å². The summed E-state index contributed by atoms with van der Waals surface area (Å²) in [5.41, 5.74) is 1.07. The van der Waals surface area contributed by atoms with Crippen molar-refractivity contribution in [3.05, 3.63) is 36.7 Å². The maximum absolute atomic E-state index is 12.7. The highest BCUT2D eigenvalue weighted by molar-refractivity contribution is 5.92. The third kappa shape index (κ3) is 3.95. The number of anilines is 1. The van der Waals surface area contributed by atoms with Gasteiger partial charge in [-0.2, -0.15) is 0 Å². The van der Waals surface area contributed by atoms with Crippen molar-refractivity contribution in [3.63, 3.8) is 0 Å². The van der Waals surface area contributed by atoms with Crippen molar-refractivity contribution in [3.8, 4) is 0 Å². The minimum Gasteiger partial charge on any atom is -0.379 e. The summed E-state index contributed by atoms with van der Waals surface area (Å²) in [6.45, 7) is 3.18. The first kappa shape index (κ1) is 17.9. The fourth-order valence-corrected chi connectivity index (χ4v) is 4.26. The van der Waals surface area contributed by atoms with E-state index in [9.17, 15) is 4.79 Å². The Morgan fingerprint density at radius 1 is 1.30 bits per heavy atom. The van der Waals surface area contributed by atoms with Gasteiger partial charge >= 0.3 is 0 Å². The van der Waals surface area contributed by atoms with Gasteiger partial charge < -0.3 is 10.2 Å². The van der Waals surface area contributed by atoms with Crippen molar-refractivity contribution in [1.29, 1.82) is 0 Å². The number of aliphatic imine (C=N–C) groups is 1. The molecule has 27 heavy (non-hydrogen) atoms. The van der Waals surface area contributed by atoms with Gasteiger partial charge in [0.15, 0.2) is 0 Å². The number of pyridine rings is 1. The molecule has 0 saturated carbocycles. The molecule has 1 N–H and O–H groups in total. The number of likely N-dealkylation sites (tertiary alicyclic amines) is 2. The molecule has 142 valence electrons. The van der Waals surface area contributed by atoms with Crippen LogP contribution in [0.2, 0.25) is 0 Å². The van der Waals surface area contributed by atoms with Crippen molar-refractivity contribution in [1.82, 2.24) is 14.8 Å². The highest BCUT2D eigenvalue weighted by Crippen LogP contribution is 2.24. The van der Waals surface area contributed by atoms with E-state index in [2.05, 4.69) is 38.4 Å². The van der Waals surface area contributed by atoms with Crippen LogP contribution in [0, 0.1) is 0 Å². The third-order valence-corrected chi connectivity index (χ3v) is 5.60. The van der Waals surface area contributed by atoms with Gasteiger partial charge in [0.1, 0.15) is 0 Å². The Balaban J connectivity index is 1.35. The number of amides is 1. The highest BCUT2D eigenvalue weighted by Gasteiger charge is 2.30. The number of hydrogen-bond donors (Lipinski definition) is 1. The fourth-order valence-electron chi connectivity index (χ4n) is 4.26. The van der Waals surface area contributed by atoms with Crippen molar-refractivity contribution in [2.24, 2.45) is 4.99 Å². The largest absolute Gasteiger partial charge is 0.379 e. The van der Waals surface area contributed by atoms with Gasteiger partial charge in [0, 0.05) is 55.9 Å². The quantitative estimate of drug-likeness (QED) is 0.827. The predicted octanol–water partition coefficient (Wildman–Crippen LogP) is 2.41. The van der Waals surface area contributed by atoms with E-state index in [0.717, 1.165) is 50.0 Å². The molecule has 1 aromatic carbocycles. The van der Waals surface area contributed by atoms with Gasteiger partial charge in [-0.15, -0.1) is 0 Å². The lowest BCUT2D eigenvalue weighted by molar-refractivity contribution is -0.131. The molecule has 0 spiro atoms. The molecule has 0 aliphatic carbocycles. The number of hydrogen-bond acceptors (Lipinski definition) is 5. The average Bonchev–Trinajstić information content (AvgIpc) is 3.32. The zero-order valence-corrected chi connectivity index (χ0v) is 15.8. The van der Waals surface area contributed by atoms with Gasteiger partial charge in [0.05, 0.1) is 24.5 Å². The average molecular weight is 365 g/mol. The first-order chi connectivity index (χ1) is 13.2. The topological polar surface area (TPSA) is 60.8 Å². The zero-order chi connectivity index (χ0) is 18.6. The standard InChI is InChI=1S/C21H27N5O/c1-22-12-18-6-4-9-26(18)21(27)15-25-10-8-17(14-25)24-20-13-23-11-16-5-2-3-7-19(16)20/h2-3,5,7,11-13,17-18,24H,4,6,8-10,14-15H2,1H3/t17-,18-/m0/s1. The Morgan fingerprint density at radius 3 is 3.07 bits per heavy atom. The second kappa shape index (κ2) is 8.05. The number of carbonyl (C=O) groups excluding carboxylic acids is 1. The predicted molar refractivity (Wildman–Crippen MR) is 109 cm³/mol. The molecule has 2 aliphatic heterocycles. The van der Waals surface area contributed by atoms with Gasteiger partial charge in [-0.05, 0) is 19.3 Å². The molecule has 0 bridgehead atoms. The van der Waals surface area contributed by atoms with Crippen molar-refractivity contribution in [2.45, 2.75) is 31.3 Å². The molecular weight excluding hydrogens is 338 g/mol. The summed E-state index contributed by atoms with van der Waals surface area (Å²) in [5.74, 6) is 0.227. The fraction of sp³-hybridized carbons (Fsp3) is 0.476. The van der Waals surface area contributed by atoms with Crippen LogP contribution in [-0.4, -0.2) is 72.2 Å². The van der Waals surface area contributed by atoms with Crippen LogP contribution in [0.25, 0.3) is 10.8 Å². The van der Waals surface area contributed by atoms with Crippen LogP contribution in [-0.2, 0) is 4.79 Å². The van der Waals surface area contributed by atoms with E-state index in [-0.39, 0.29) is 11.9 Å². The molecule has 2 aromatic rings. The molecule has 1 aromatic heterocycles. The normalized spacial score (nSPS) is 23.5. The van der Waals surface area contributed by atoms with Crippen molar-refractivity contribution < 1.29 is 4.79 Å². The van der Waals surface area contributed by atoms with E-state index < -0.39 is 0 Å². The molecule has 4 rings (SSSR count). The summed E-state index contributed by atoms with van der Waals surface area (Å²) in [6.07, 6.45) is 8.84. The molecule has 0 unspecified atom stereocenters. The third-order valence-electron chi connectivity index (χ3n) is 5.60. The van der Waals surface area contributed by atoms with Crippen molar-refractivity contribution in [2.75, 3.05) is 38.5 Å². The monoisotopic (exact) mass is 365 g/mol. The van der Waals surface area contributed by atoms with Gasteiger partial charge in [0.25, 0.3) is 0 Å². The maximum Gasteiger partial charge on any atom is 0.237 e. The number of benzene rings is 1. The minimum absolute atomic E-state index is 0.181. The Morgan fingerprint density at radius 2 is 2.19 bits per heavy atom. The lowest BCUT2D eigenvalue weighted by Crippen LogP contribution is -2.43. The second-order valence-corrected chi connectivity index (χ2v) is 7.48. The lowest BCUT2D eigenvalue weighted by Gasteiger charge is -2.25. The van der Waals surface area contributed by atoms with Gasteiger partial charge in [-0.25, -0.2) is 0 Å². The summed E-state index contributed by atoms with van der Waals surface area (Å²) in [6, 6.07) is 8.82. The summed E-state index contributed by atoms with van der Waals surface area (Å²) in [5, 5.41) is 5.97. The van der Waals surface area contributed by atoms with Gasteiger partial charge in [-0.3, -0.25) is 19.7 Å². The minimum atomic E-state index is 0.181. The number of nitrogens with one attached hydrogen (secondary N) is 1. The Bertz CT molecular complexity index is 831. The molecular formula is C21H27N5O. The van der Waals surface area contributed by atoms with E-state index in [1.54, 1.807) is 7.05 Å². The van der Waals surface area contributed by atoms with E-state index in [0.29, 0.717) is 12.6 Å². The Kier molecular flexibility index (Phi) is 5.34. The molecule has 2 saturated heterocycles. The van der Waals surface area contributed by atoms with E-state index in [1.807, 2.05) is 29.6 Å². The van der Waals surface area contributed by atoms with E-state index >= 15 is 0 Å².